The van der Waals surface area contributed by atoms with Crippen LogP contribution in [0.4, 0.5) is 5.82 Å². The molecular formula is C15H21N5O. The predicted octanol–water partition coefficient (Wildman–Crippen LogP) is 1.97. The number of fused-ring (bicyclic) bond motifs is 1. The molecule has 2 aromatic rings. The molecule has 0 aliphatic heterocycles. The number of hydrogen-bond donors (Lipinski definition) is 2. The Bertz CT molecular complexity index is 645. The van der Waals surface area contributed by atoms with Gasteiger partial charge >= 0.3 is 0 Å². The Labute approximate surface area is 123 Å². The van der Waals surface area contributed by atoms with Gasteiger partial charge in [-0.1, -0.05) is 6.42 Å². The van der Waals surface area contributed by atoms with Gasteiger partial charge in [0.25, 0.3) is 0 Å². The van der Waals surface area contributed by atoms with Crippen LogP contribution in [-0.4, -0.2) is 38.1 Å². The van der Waals surface area contributed by atoms with Crippen molar-refractivity contribution in [2.45, 2.75) is 44.4 Å². The largest absolute Gasteiger partial charge is 0.396 e. The fourth-order valence-corrected chi connectivity index (χ4v) is 3.20. The van der Waals surface area contributed by atoms with E-state index in [1.165, 1.54) is 32.1 Å². The zero-order chi connectivity index (χ0) is 14.3. The van der Waals surface area contributed by atoms with Crippen molar-refractivity contribution in [2.75, 3.05) is 18.5 Å². The monoisotopic (exact) mass is 287 g/mol. The number of nitrogens with zero attached hydrogens (tertiary/aromatic N) is 4. The molecule has 112 valence electrons. The average molecular weight is 287 g/mol. The maximum Gasteiger partial charge on any atom is 0.178 e. The van der Waals surface area contributed by atoms with Crippen molar-refractivity contribution < 1.29 is 5.11 Å². The Kier molecular flexibility index (Phi) is 3.06. The van der Waals surface area contributed by atoms with Crippen molar-refractivity contribution in [1.82, 2.24) is 19.8 Å². The van der Waals surface area contributed by atoms with Crippen molar-refractivity contribution in [3.05, 3.63) is 18.0 Å². The van der Waals surface area contributed by atoms with E-state index < -0.39 is 0 Å². The Morgan fingerprint density at radius 3 is 2.81 bits per heavy atom. The van der Waals surface area contributed by atoms with Gasteiger partial charge < -0.3 is 10.4 Å². The maximum absolute atomic E-state index is 9.22. The van der Waals surface area contributed by atoms with Crippen LogP contribution in [0.15, 0.2) is 12.1 Å². The number of aromatic nitrogens is 4. The molecule has 0 saturated heterocycles. The summed E-state index contributed by atoms with van der Waals surface area (Å²) >= 11 is 0. The van der Waals surface area contributed by atoms with Crippen LogP contribution >= 0.6 is 0 Å². The van der Waals surface area contributed by atoms with Crippen LogP contribution in [0.5, 0.6) is 0 Å². The van der Waals surface area contributed by atoms with Gasteiger partial charge in [-0.3, -0.25) is 0 Å². The fourth-order valence-electron chi connectivity index (χ4n) is 3.20. The second-order valence-electron chi connectivity index (χ2n) is 6.50. The maximum atomic E-state index is 9.22. The van der Waals surface area contributed by atoms with Crippen LogP contribution in [0, 0.1) is 5.41 Å². The Morgan fingerprint density at radius 2 is 2.14 bits per heavy atom. The highest BCUT2D eigenvalue weighted by Gasteiger charge is 2.36. The Morgan fingerprint density at radius 1 is 1.29 bits per heavy atom. The van der Waals surface area contributed by atoms with Gasteiger partial charge in [-0.25, -0.2) is 0 Å². The van der Waals surface area contributed by atoms with Crippen molar-refractivity contribution >= 4 is 11.5 Å². The molecule has 2 aliphatic rings. The molecule has 6 nitrogen and oxygen atoms in total. The van der Waals surface area contributed by atoms with Gasteiger partial charge in [-0.05, 0) is 49.7 Å². The Balaban J connectivity index is 1.52. The van der Waals surface area contributed by atoms with Gasteiger partial charge in [-0.2, -0.15) is 4.52 Å². The molecule has 2 N–H and O–H groups in total. The number of aliphatic hydroxyl groups is 1. The lowest BCUT2D eigenvalue weighted by Gasteiger charge is -2.41. The summed E-state index contributed by atoms with van der Waals surface area (Å²) < 4.78 is 1.87. The highest BCUT2D eigenvalue weighted by Crippen LogP contribution is 2.43. The summed E-state index contributed by atoms with van der Waals surface area (Å²) in [7, 11) is 0. The third-order valence-corrected chi connectivity index (χ3v) is 4.93. The number of aliphatic hydroxyl groups excluding tert-OH is 1. The molecule has 0 bridgehead atoms. The molecular weight excluding hydrogens is 266 g/mol. The second kappa shape index (κ2) is 4.94. The van der Waals surface area contributed by atoms with E-state index in [1.807, 2.05) is 16.6 Å². The molecule has 4 rings (SSSR count). The third-order valence-electron chi connectivity index (χ3n) is 4.93. The third kappa shape index (κ3) is 2.37. The summed E-state index contributed by atoms with van der Waals surface area (Å²) in [5.74, 6) is 2.39. The summed E-state index contributed by atoms with van der Waals surface area (Å²) in [4.78, 5) is 0. The lowest BCUT2D eigenvalue weighted by atomic mass is 9.67. The lowest BCUT2D eigenvalue weighted by Crippen LogP contribution is -2.37. The van der Waals surface area contributed by atoms with Crippen LogP contribution < -0.4 is 5.32 Å². The minimum absolute atomic E-state index is 0.262. The molecule has 0 amide bonds. The van der Waals surface area contributed by atoms with Crippen molar-refractivity contribution in [1.29, 1.82) is 0 Å². The van der Waals surface area contributed by atoms with E-state index in [1.54, 1.807) is 0 Å². The van der Waals surface area contributed by atoms with Crippen LogP contribution in [-0.2, 0) is 0 Å². The molecule has 0 spiro atoms. The molecule has 0 aromatic carbocycles. The quantitative estimate of drug-likeness (QED) is 0.849. The summed E-state index contributed by atoms with van der Waals surface area (Å²) in [5.41, 5.74) is 1.08. The van der Waals surface area contributed by atoms with Crippen LogP contribution in [0.2, 0.25) is 0 Å². The summed E-state index contributed by atoms with van der Waals surface area (Å²) in [6.07, 6.45) is 6.93. The number of anilines is 1. The number of rotatable bonds is 6. The van der Waals surface area contributed by atoms with E-state index in [-0.39, 0.29) is 12.0 Å². The molecule has 0 radical (unpaired) electrons. The molecule has 2 aromatic heterocycles. The zero-order valence-corrected chi connectivity index (χ0v) is 12.1. The molecule has 2 fully saturated rings. The van der Waals surface area contributed by atoms with E-state index in [9.17, 15) is 5.11 Å². The summed E-state index contributed by atoms with van der Waals surface area (Å²) in [6, 6.07) is 3.93. The topological polar surface area (TPSA) is 75.3 Å². The normalized spacial score (nSPS) is 20.4. The first-order valence-electron chi connectivity index (χ1n) is 7.87. The summed E-state index contributed by atoms with van der Waals surface area (Å²) in [5, 5.41) is 25.7. The number of hydrogen-bond acceptors (Lipinski definition) is 5. The minimum Gasteiger partial charge on any atom is -0.396 e. The van der Waals surface area contributed by atoms with Gasteiger partial charge in [0.05, 0.1) is 0 Å². The van der Waals surface area contributed by atoms with Crippen LogP contribution in [0.25, 0.3) is 5.65 Å². The first-order chi connectivity index (χ1) is 10.3. The molecule has 2 heterocycles. The molecule has 0 atom stereocenters. The van der Waals surface area contributed by atoms with Crippen molar-refractivity contribution in [3.8, 4) is 0 Å². The predicted molar refractivity (Wildman–Crippen MR) is 79.2 cm³/mol. The van der Waals surface area contributed by atoms with Crippen molar-refractivity contribution in [3.63, 3.8) is 0 Å². The SMILES string of the molecule is OCCC1(CNc2ccc3nnc(C4CC4)n3n2)CCC1. The van der Waals surface area contributed by atoms with Gasteiger partial charge in [0.1, 0.15) is 5.82 Å². The smallest absolute Gasteiger partial charge is 0.178 e. The fraction of sp³-hybridized carbons (Fsp3) is 0.667. The number of nitrogens with one attached hydrogen (secondary N) is 1. The van der Waals surface area contributed by atoms with Gasteiger partial charge in [0, 0.05) is 19.1 Å². The highest BCUT2D eigenvalue weighted by atomic mass is 16.3. The molecule has 2 saturated carbocycles. The Hall–Kier alpha value is -1.69. The van der Waals surface area contributed by atoms with Crippen molar-refractivity contribution in [2.24, 2.45) is 5.41 Å². The van der Waals surface area contributed by atoms with Crippen LogP contribution in [0.1, 0.15) is 50.3 Å². The molecule has 2 aliphatic carbocycles. The zero-order valence-electron chi connectivity index (χ0n) is 12.1. The van der Waals surface area contributed by atoms with Gasteiger partial charge in [-0.15, -0.1) is 15.3 Å². The molecule has 6 heteroatoms. The highest BCUT2D eigenvalue weighted by molar-refractivity contribution is 5.44. The second-order valence-corrected chi connectivity index (χ2v) is 6.50. The molecule has 21 heavy (non-hydrogen) atoms. The van der Waals surface area contributed by atoms with Gasteiger partial charge in [0.15, 0.2) is 11.5 Å². The van der Waals surface area contributed by atoms with E-state index in [2.05, 4.69) is 20.6 Å². The van der Waals surface area contributed by atoms with Crippen LogP contribution in [0.3, 0.4) is 0 Å². The lowest BCUT2D eigenvalue weighted by molar-refractivity contribution is 0.101. The van der Waals surface area contributed by atoms with E-state index >= 15 is 0 Å². The van der Waals surface area contributed by atoms with E-state index in [4.69, 9.17) is 0 Å². The van der Waals surface area contributed by atoms with E-state index in [0.29, 0.717) is 5.92 Å². The van der Waals surface area contributed by atoms with E-state index in [0.717, 1.165) is 30.3 Å². The first kappa shape index (κ1) is 13.0. The summed E-state index contributed by atoms with van der Waals surface area (Å²) in [6.45, 7) is 1.15. The average Bonchev–Trinajstić information content (AvgIpc) is 3.21. The van der Waals surface area contributed by atoms with Gasteiger partial charge in [0.2, 0.25) is 0 Å². The standard InChI is InChI=1S/C15H21N5O/c21-9-8-15(6-1-7-15)10-16-12-4-5-13-17-18-14(11-2-3-11)20(13)19-12/h4-5,11,21H,1-3,6-10H2,(H,16,19). The molecule has 0 unspecified atom stereocenters. The minimum atomic E-state index is 0.262. The first-order valence-corrected chi connectivity index (χ1v) is 7.87.